The van der Waals surface area contributed by atoms with Crippen LogP contribution in [0.5, 0.6) is 11.5 Å². The number of hydrogen-bond acceptors (Lipinski definition) is 4. The average Bonchev–Trinajstić information content (AvgIpc) is 2.60. The highest BCUT2D eigenvalue weighted by molar-refractivity contribution is 5.89. The molecule has 2 N–H and O–H groups in total. The van der Waals surface area contributed by atoms with Crippen molar-refractivity contribution >= 4 is 17.7 Å². The number of para-hydroxylation sites is 1. The van der Waals surface area contributed by atoms with Crippen LogP contribution in [0.3, 0.4) is 0 Å². The summed E-state index contributed by atoms with van der Waals surface area (Å²) in [5.41, 5.74) is 0.165. The monoisotopic (exact) mass is 370 g/mol. The van der Waals surface area contributed by atoms with Crippen molar-refractivity contribution in [3.8, 4) is 11.5 Å². The Hall–Kier alpha value is -3.02. The third-order valence-corrected chi connectivity index (χ3v) is 3.35. The van der Waals surface area contributed by atoms with E-state index in [-0.39, 0.29) is 18.4 Å². The van der Waals surface area contributed by atoms with Gasteiger partial charge in [0, 0.05) is 18.7 Å². The van der Waals surface area contributed by atoms with Gasteiger partial charge in [-0.3, -0.25) is 4.79 Å². The van der Waals surface area contributed by atoms with Crippen molar-refractivity contribution in [1.82, 2.24) is 5.32 Å². The Morgan fingerprint density at radius 1 is 0.926 bits per heavy atom. The highest BCUT2D eigenvalue weighted by Crippen LogP contribution is 2.22. The second-order valence-electron chi connectivity index (χ2n) is 7.01. The molecular weight excluding hydrogens is 344 g/mol. The largest absolute Gasteiger partial charge is 0.460 e. The van der Waals surface area contributed by atoms with Crippen LogP contribution in [-0.4, -0.2) is 24.1 Å². The van der Waals surface area contributed by atoms with Crippen molar-refractivity contribution < 1.29 is 19.1 Å². The van der Waals surface area contributed by atoms with Crippen molar-refractivity contribution in [2.24, 2.45) is 0 Å². The van der Waals surface area contributed by atoms with Gasteiger partial charge in [-0.25, -0.2) is 4.79 Å². The fraction of sp³-hybridized carbons (Fsp3) is 0.333. The lowest BCUT2D eigenvalue weighted by molar-refractivity contribution is -0.154. The number of esters is 1. The van der Waals surface area contributed by atoms with E-state index in [9.17, 15) is 9.59 Å². The number of hydrogen-bond donors (Lipinski definition) is 2. The fourth-order valence-corrected chi connectivity index (χ4v) is 2.23. The lowest BCUT2D eigenvalue weighted by Gasteiger charge is -2.19. The molecule has 0 atom stereocenters. The normalized spacial score (nSPS) is 10.8. The van der Waals surface area contributed by atoms with Crippen LogP contribution >= 0.6 is 0 Å². The summed E-state index contributed by atoms with van der Waals surface area (Å²) in [4.78, 5) is 23.5. The molecule has 0 saturated carbocycles. The molecular formula is C21H26N2O4. The molecule has 0 aliphatic heterocycles. The zero-order chi connectivity index (χ0) is 19.7. The Morgan fingerprint density at radius 3 is 2.19 bits per heavy atom. The summed E-state index contributed by atoms with van der Waals surface area (Å²) in [5.74, 6) is 1.17. The van der Waals surface area contributed by atoms with Gasteiger partial charge >= 0.3 is 12.0 Å². The molecule has 144 valence electrons. The molecule has 2 aromatic rings. The predicted octanol–water partition coefficient (Wildman–Crippen LogP) is 4.72. The van der Waals surface area contributed by atoms with Crippen molar-refractivity contribution in [3.05, 3.63) is 54.6 Å². The number of carbonyl (C=O) groups is 2. The van der Waals surface area contributed by atoms with E-state index >= 15 is 0 Å². The first-order chi connectivity index (χ1) is 12.8. The molecule has 0 aliphatic carbocycles. The third-order valence-electron chi connectivity index (χ3n) is 3.35. The van der Waals surface area contributed by atoms with Crippen molar-refractivity contribution in [2.75, 3.05) is 11.9 Å². The van der Waals surface area contributed by atoms with Gasteiger partial charge in [-0.1, -0.05) is 18.2 Å². The van der Waals surface area contributed by atoms with Gasteiger partial charge < -0.3 is 20.1 Å². The van der Waals surface area contributed by atoms with Gasteiger partial charge in [0.1, 0.15) is 17.1 Å². The Balaban J connectivity index is 1.69. The molecule has 0 bridgehead atoms. The maximum atomic E-state index is 11.9. The molecule has 0 spiro atoms. The summed E-state index contributed by atoms with van der Waals surface area (Å²) >= 11 is 0. The maximum absolute atomic E-state index is 11.9. The van der Waals surface area contributed by atoms with Gasteiger partial charge in [0.25, 0.3) is 0 Å². The first kappa shape index (κ1) is 20.3. The minimum absolute atomic E-state index is 0.265. The molecule has 27 heavy (non-hydrogen) atoms. The summed E-state index contributed by atoms with van der Waals surface area (Å²) in [6.07, 6.45) is 0.787. The minimum atomic E-state index is -0.488. The third kappa shape index (κ3) is 8.27. The summed E-state index contributed by atoms with van der Waals surface area (Å²) in [7, 11) is 0. The molecule has 2 amide bonds. The van der Waals surface area contributed by atoms with Crippen LogP contribution in [0.2, 0.25) is 0 Å². The standard InChI is InChI=1S/C21H26N2O4/c1-21(2,3)27-19(24)10-7-15-22-20(25)23-16-11-13-18(14-12-16)26-17-8-5-4-6-9-17/h4-6,8-9,11-14H,7,10,15H2,1-3H3,(H2,22,23,25). The summed E-state index contributed by atoms with van der Waals surface area (Å²) in [6.45, 7) is 5.87. The molecule has 2 rings (SSSR count). The summed E-state index contributed by atoms with van der Waals surface area (Å²) in [5, 5.41) is 5.45. The smallest absolute Gasteiger partial charge is 0.319 e. The molecule has 2 aromatic carbocycles. The lowest BCUT2D eigenvalue weighted by atomic mass is 10.2. The molecule has 0 fully saturated rings. The van der Waals surface area contributed by atoms with Crippen LogP contribution in [0.25, 0.3) is 0 Å². The van der Waals surface area contributed by atoms with Gasteiger partial charge in [-0.05, 0) is 63.6 Å². The van der Waals surface area contributed by atoms with Crippen LogP contribution in [0.1, 0.15) is 33.6 Å². The van der Waals surface area contributed by atoms with E-state index in [4.69, 9.17) is 9.47 Å². The molecule has 0 aliphatic rings. The molecule has 0 saturated heterocycles. The minimum Gasteiger partial charge on any atom is -0.460 e. The first-order valence-corrected chi connectivity index (χ1v) is 8.91. The number of nitrogens with one attached hydrogen (secondary N) is 2. The van der Waals surface area contributed by atoms with Crippen LogP contribution in [0.15, 0.2) is 54.6 Å². The maximum Gasteiger partial charge on any atom is 0.319 e. The Kier molecular flexibility index (Phi) is 7.23. The van der Waals surface area contributed by atoms with Crippen LogP contribution in [0.4, 0.5) is 10.5 Å². The van der Waals surface area contributed by atoms with Gasteiger partial charge in [0.15, 0.2) is 0 Å². The van der Waals surface area contributed by atoms with Crippen molar-refractivity contribution in [2.45, 2.75) is 39.2 Å². The molecule has 0 radical (unpaired) electrons. The van der Waals surface area contributed by atoms with Gasteiger partial charge in [0.05, 0.1) is 0 Å². The second-order valence-corrected chi connectivity index (χ2v) is 7.01. The van der Waals surface area contributed by atoms with E-state index in [1.807, 2.05) is 51.1 Å². The molecule has 6 nitrogen and oxygen atoms in total. The Labute approximate surface area is 159 Å². The fourth-order valence-electron chi connectivity index (χ4n) is 2.23. The van der Waals surface area contributed by atoms with Gasteiger partial charge in [-0.15, -0.1) is 0 Å². The zero-order valence-corrected chi connectivity index (χ0v) is 16.0. The topological polar surface area (TPSA) is 76.7 Å². The van der Waals surface area contributed by atoms with E-state index in [0.29, 0.717) is 24.4 Å². The predicted molar refractivity (Wildman–Crippen MR) is 105 cm³/mol. The lowest BCUT2D eigenvalue weighted by Crippen LogP contribution is -2.30. The Morgan fingerprint density at radius 2 is 1.56 bits per heavy atom. The first-order valence-electron chi connectivity index (χ1n) is 8.91. The summed E-state index contributed by atoms with van der Waals surface area (Å²) < 4.78 is 10.9. The number of benzene rings is 2. The van der Waals surface area contributed by atoms with Gasteiger partial charge in [-0.2, -0.15) is 0 Å². The van der Waals surface area contributed by atoms with Crippen LogP contribution in [0, 0.1) is 0 Å². The SMILES string of the molecule is CC(C)(C)OC(=O)CCCNC(=O)Nc1ccc(Oc2ccccc2)cc1. The van der Waals surface area contributed by atoms with Gasteiger partial charge in [0.2, 0.25) is 0 Å². The van der Waals surface area contributed by atoms with E-state index in [0.717, 1.165) is 5.75 Å². The van der Waals surface area contributed by atoms with E-state index in [1.165, 1.54) is 0 Å². The number of ether oxygens (including phenoxy) is 2. The average molecular weight is 370 g/mol. The quantitative estimate of drug-likeness (QED) is 0.546. The van der Waals surface area contributed by atoms with Crippen LogP contribution in [-0.2, 0) is 9.53 Å². The van der Waals surface area contributed by atoms with Crippen molar-refractivity contribution in [1.29, 1.82) is 0 Å². The van der Waals surface area contributed by atoms with E-state index in [2.05, 4.69) is 10.6 Å². The molecule has 6 heteroatoms. The van der Waals surface area contributed by atoms with E-state index in [1.54, 1.807) is 24.3 Å². The zero-order valence-electron chi connectivity index (χ0n) is 16.0. The summed E-state index contributed by atoms with van der Waals surface area (Å²) in [6, 6.07) is 16.2. The highest BCUT2D eigenvalue weighted by atomic mass is 16.6. The highest BCUT2D eigenvalue weighted by Gasteiger charge is 2.15. The number of rotatable bonds is 7. The number of urea groups is 1. The van der Waals surface area contributed by atoms with E-state index < -0.39 is 5.60 Å². The molecule has 0 unspecified atom stereocenters. The Bertz CT molecular complexity index is 737. The molecule has 0 aromatic heterocycles. The number of anilines is 1. The van der Waals surface area contributed by atoms with Crippen LogP contribution < -0.4 is 15.4 Å². The number of amides is 2. The molecule has 0 heterocycles. The second kappa shape index (κ2) is 9.62. The van der Waals surface area contributed by atoms with Crippen molar-refractivity contribution in [3.63, 3.8) is 0 Å². The number of carbonyl (C=O) groups excluding carboxylic acids is 2.